The van der Waals surface area contributed by atoms with Gasteiger partial charge in [0.2, 0.25) is 0 Å². The molecule has 0 aliphatic rings. The van der Waals surface area contributed by atoms with Gasteiger partial charge in [-0.25, -0.2) is 0 Å². The molecule has 0 aromatic rings. The van der Waals surface area contributed by atoms with E-state index in [0.29, 0.717) is 0 Å². The first-order valence-electron chi connectivity index (χ1n) is 4.83. The molecule has 0 bridgehead atoms. The van der Waals surface area contributed by atoms with E-state index in [1.807, 2.05) is 24.3 Å². The molecule has 87 valence electrons. The normalized spacial score (nSPS) is 10.5. The first kappa shape index (κ1) is 14.4. The molecule has 15 heavy (non-hydrogen) atoms. The summed E-state index contributed by atoms with van der Waals surface area (Å²) in [7, 11) is 0. The third-order valence-corrected chi connectivity index (χ3v) is 2.81. The maximum absolute atomic E-state index is 3.74. The van der Waals surface area contributed by atoms with E-state index >= 15 is 0 Å². The molecular weight excluding hydrogens is 231 g/mol. The van der Waals surface area contributed by atoms with Gasteiger partial charge in [-0.2, -0.15) is 0 Å². The van der Waals surface area contributed by atoms with E-state index < -0.39 is 0 Å². The van der Waals surface area contributed by atoms with Crippen molar-refractivity contribution in [2.45, 2.75) is 0 Å². The molecule has 0 aromatic heterocycles. The van der Waals surface area contributed by atoms with Crippen LogP contribution in [0, 0.1) is 0 Å². The van der Waals surface area contributed by atoms with Gasteiger partial charge < -0.3 is 0 Å². The average Bonchev–Trinajstić information content (AvgIpc) is 2.19. The molecule has 0 spiro atoms. The number of rotatable bonds is 10. The van der Waals surface area contributed by atoms with Crippen LogP contribution in [-0.4, -0.2) is 34.1 Å². The van der Waals surface area contributed by atoms with Crippen LogP contribution in [0.4, 0.5) is 0 Å². The molecule has 0 heterocycles. The summed E-state index contributed by atoms with van der Waals surface area (Å²) in [6.07, 6.45) is 7.59. The summed E-state index contributed by atoms with van der Waals surface area (Å²) in [5, 5.41) is 0. The SMILES string of the molecule is C=CC[N](CC=C)[Co][N](CC=C)CC=C. The molecule has 0 aromatic carbocycles. The van der Waals surface area contributed by atoms with Gasteiger partial charge in [-0.1, -0.05) is 0 Å². The van der Waals surface area contributed by atoms with E-state index in [0.717, 1.165) is 26.2 Å². The van der Waals surface area contributed by atoms with Gasteiger partial charge in [0.25, 0.3) is 0 Å². The Hall–Kier alpha value is -0.614. The van der Waals surface area contributed by atoms with Gasteiger partial charge in [0, 0.05) is 0 Å². The standard InChI is InChI=1S/2C6H10N.Co/c2*1-3-5-7-6-4-2;/h2*3-4H,1-2,5-6H2;/q2*-1;+2. The third-order valence-electron chi connectivity index (χ3n) is 1.46. The van der Waals surface area contributed by atoms with E-state index in [4.69, 9.17) is 0 Å². The average molecular weight is 251 g/mol. The van der Waals surface area contributed by atoms with Crippen LogP contribution in [0.15, 0.2) is 50.6 Å². The predicted octanol–water partition coefficient (Wildman–Crippen LogP) is 2.25. The zero-order chi connectivity index (χ0) is 11.5. The van der Waals surface area contributed by atoms with Crippen molar-refractivity contribution in [2.75, 3.05) is 26.2 Å². The molecule has 0 rings (SSSR count). The van der Waals surface area contributed by atoms with Crippen molar-refractivity contribution < 1.29 is 15.1 Å². The zero-order valence-electron chi connectivity index (χ0n) is 9.19. The van der Waals surface area contributed by atoms with Crippen molar-refractivity contribution in [1.29, 1.82) is 0 Å². The quantitative estimate of drug-likeness (QED) is 0.549. The molecule has 0 radical (unpaired) electrons. The molecule has 0 aliphatic heterocycles. The summed E-state index contributed by atoms with van der Waals surface area (Å²) >= 11 is 1.18. The second-order valence-electron chi connectivity index (χ2n) is 2.82. The van der Waals surface area contributed by atoms with E-state index in [1.54, 1.807) is 0 Å². The van der Waals surface area contributed by atoms with Crippen molar-refractivity contribution in [3.05, 3.63) is 50.6 Å². The van der Waals surface area contributed by atoms with Gasteiger partial charge in [0.05, 0.1) is 0 Å². The summed E-state index contributed by atoms with van der Waals surface area (Å²) in [5.41, 5.74) is 0. The fourth-order valence-electron chi connectivity index (χ4n) is 0.929. The molecule has 0 unspecified atom stereocenters. The number of hydrogen-bond donors (Lipinski definition) is 0. The van der Waals surface area contributed by atoms with Crippen LogP contribution in [0.5, 0.6) is 0 Å². The Balaban J connectivity index is 4.15. The fourth-order valence-corrected chi connectivity index (χ4v) is 2.22. The molecular formula is C12H20CoN2. The third kappa shape index (κ3) is 7.33. The second kappa shape index (κ2) is 9.92. The van der Waals surface area contributed by atoms with E-state index in [9.17, 15) is 0 Å². The zero-order valence-corrected chi connectivity index (χ0v) is 10.2. The van der Waals surface area contributed by atoms with Gasteiger partial charge in [-0.3, -0.25) is 0 Å². The van der Waals surface area contributed by atoms with Crippen LogP contribution < -0.4 is 0 Å². The Morgan fingerprint density at radius 1 is 0.667 bits per heavy atom. The molecule has 0 atom stereocenters. The summed E-state index contributed by atoms with van der Waals surface area (Å²) < 4.78 is 4.45. The molecule has 3 heteroatoms. The summed E-state index contributed by atoms with van der Waals surface area (Å²) in [4.78, 5) is 0. The van der Waals surface area contributed by atoms with Crippen LogP contribution in [-0.2, 0) is 15.1 Å². The van der Waals surface area contributed by atoms with Crippen LogP contribution in [0.3, 0.4) is 0 Å². The molecule has 2 nitrogen and oxygen atoms in total. The Labute approximate surface area is 100 Å². The minimum absolute atomic E-state index is 0.858. The van der Waals surface area contributed by atoms with Crippen molar-refractivity contribution in [1.82, 2.24) is 7.90 Å². The van der Waals surface area contributed by atoms with Crippen LogP contribution in [0.2, 0.25) is 0 Å². The molecule has 0 saturated heterocycles. The topological polar surface area (TPSA) is 6.48 Å². The molecule has 0 N–H and O–H groups in total. The van der Waals surface area contributed by atoms with Gasteiger partial charge >= 0.3 is 99.8 Å². The van der Waals surface area contributed by atoms with E-state index in [-0.39, 0.29) is 0 Å². The van der Waals surface area contributed by atoms with E-state index in [1.165, 1.54) is 15.1 Å². The summed E-state index contributed by atoms with van der Waals surface area (Å²) in [6.45, 7) is 18.4. The van der Waals surface area contributed by atoms with Crippen LogP contribution in [0.1, 0.15) is 0 Å². The summed E-state index contributed by atoms with van der Waals surface area (Å²) in [6, 6.07) is 0. The second-order valence-corrected chi connectivity index (χ2v) is 4.35. The molecule has 0 saturated carbocycles. The summed E-state index contributed by atoms with van der Waals surface area (Å²) in [5.74, 6) is 0. The van der Waals surface area contributed by atoms with Crippen LogP contribution in [0.25, 0.3) is 0 Å². The molecule has 0 aliphatic carbocycles. The Bertz CT molecular complexity index is 172. The van der Waals surface area contributed by atoms with Gasteiger partial charge in [-0.05, 0) is 0 Å². The van der Waals surface area contributed by atoms with Crippen molar-refractivity contribution in [2.24, 2.45) is 0 Å². The first-order valence-corrected chi connectivity index (χ1v) is 5.76. The molecule has 0 amide bonds. The number of hydrogen-bond acceptors (Lipinski definition) is 2. The first-order chi connectivity index (χ1) is 7.28. The van der Waals surface area contributed by atoms with Gasteiger partial charge in [0.1, 0.15) is 0 Å². The minimum atomic E-state index is 0.858. The fraction of sp³-hybridized carbons (Fsp3) is 0.333. The Kier molecular flexibility index (Phi) is 9.52. The number of nitrogens with zero attached hydrogens (tertiary/aromatic N) is 2. The Morgan fingerprint density at radius 2 is 0.933 bits per heavy atom. The van der Waals surface area contributed by atoms with Crippen molar-refractivity contribution in [3.8, 4) is 0 Å². The van der Waals surface area contributed by atoms with Crippen LogP contribution >= 0.6 is 0 Å². The van der Waals surface area contributed by atoms with Gasteiger partial charge in [0.15, 0.2) is 0 Å². The van der Waals surface area contributed by atoms with Gasteiger partial charge in [-0.15, -0.1) is 0 Å². The van der Waals surface area contributed by atoms with Crippen molar-refractivity contribution in [3.63, 3.8) is 0 Å². The predicted molar refractivity (Wildman–Crippen MR) is 63.9 cm³/mol. The van der Waals surface area contributed by atoms with E-state index in [2.05, 4.69) is 34.2 Å². The molecule has 0 fully saturated rings. The Morgan fingerprint density at radius 3 is 1.13 bits per heavy atom. The monoisotopic (exact) mass is 251 g/mol. The van der Waals surface area contributed by atoms with Crippen molar-refractivity contribution >= 4 is 0 Å². The maximum atomic E-state index is 3.74.